The molecule has 0 radical (unpaired) electrons. The van der Waals surface area contributed by atoms with Gasteiger partial charge in [0, 0.05) is 6.54 Å². The Labute approximate surface area is 127 Å². The van der Waals surface area contributed by atoms with Crippen molar-refractivity contribution in [3.63, 3.8) is 0 Å². The van der Waals surface area contributed by atoms with E-state index >= 15 is 0 Å². The van der Waals surface area contributed by atoms with Crippen LogP contribution in [0.3, 0.4) is 0 Å². The van der Waals surface area contributed by atoms with Crippen LogP contribution < -0.4 is 15.4 Å². The molecular weight excluding hydrogens is 290 g/mol. The molecule has 4 nitrogen and oxygen atoms in total. The van der Waals surface area contributed by atoms with E-state index in [4.69, 9.17) is 4.74 Å². The van der Waals surface area contributed by atoms with Crippen molar-refractivity contribution in [3.8, 4) is 5.75 Å². The molecule has 2 aromatic rings. The number of hydrogen-bond acceptors (Lipinski definition) is 3. The van der Waals surface area contributed by atoms with Crippen LogP contribution in [0.5, 0.6) is 5.75 Å². The van der Waals surface area contributed by atoms with Crippen molar-refractivity contribution < 1.29 is 18.3 Å². The van der Waals surface area contributed by atoms with Crippen molar-refractivity contribution in [2.75, 3.05) is 19.0 Å². The fourth-order valence-corrected chi connectivity index (χ4v) is 1.86. The van der Waals surface area contributed by atoms with Crippen LogP contribution in [0.25, 0.3) is 0 Å². The van der Waals surface area contributed by atoms with E-state index in [0.29, 0.717) is 12.3 Å². The lowest BCUT2D eigenvalue weighted by Gasteiger charge is -2.09. The second kappa shape index (κ2) is 7.40. The van der Waals surface area contributed by atoms with Crippen LogP contribution in [0.4, 0.5) is 14.5 Å². The number of hydrogen-bond donors (Lipinski definition) is 2. The molecule has 116 valence electrons. The molecular formula is C16H16F2N2O2. The Morgan fingerprint density at radius 3 is 2.73 bits per heavy atom. The number of rotatable bonds is 6. The highest BCUT2D eigenvalue weighted by Gasteiger charge is 2.08. The van der Waals surface area contributed by atoms with Crippen LogP contribution in [0.15, 0.2) is 42.5 Å². The van der Waals surface area contributed by atoms with Crippen molar-refractivity contribution in [2.45, 2.75) is 6.54 Å². The maximum Gasteiger partial charge on any atom is 0.239 e. The predicted molar refractivity (Wildman–Crippen MR) is 79.7 cm³/mol. The van der Waals surface area contributed by atoms with Gasteiger partial charge in [-0.15, -0.1) is 0 Å². The summed E-state index contributed by atoms with van der Waals surface area (Å²) in [6.45, 7) is 0.174. The van der Waals surface area contributed by atoms with E-state index in [2.05, 4.69) is 10.6 Å². The zero-order chi connectivity index (χ0) is 15.9. The number of halogens is 2. The molecule has 0 saturated carbocycles. The smallest absolute Gasteiger partial charge is 0.239 e. The molecule has 6 heteroatoms. The third-order valence-electron chi connectivity index (χ3n) is 3.01. The van der Waals surface area contributed by atoms with Gasteiger partial charge in [-0.25, -0.2) is 8.78 Å². The monoisotopic (exact) mass is 306 g/mol. The summed E-state index contributed by atoms with van der Waals surface area (Å²) in [5.41, 5.74) is 0.834. The number of carbonyl (C=O) groups excluding carboxylic acids is 1. The molecule has 0 aliphatic rings. The first-order valence-electron chi connectivity index (χ1n) is 6.67. The summed E-state index contributed by atoms with van der Waals surface area (Å²) in [6, 6.07) is 11.0. The molecule has 0 aliphatic carbocycles. The molecule has 1 amide bonds. The van der Waals surface area contributed by atoms with E-state index in [1.165, 1.54) is 12.1 Å². The Bertz CT molecular complexity index is 662. The SMILES string of the molecule is COc1cccc(CNC(=O)CNc2cccc(F)c2F)c1. The minimum atomic E-state index is -0.997. The molecule has 0 saturated heterocycles. The van der Waals surface area contributed by atoms with E-state index in [9.17, 15) is 13.6 Å². The number of ether oxygens (including phenoxy) is 1. The minimum Gasteiger partial charge on any atom is -0.497 e. The molecule has 0 atom stereocenters. The largest absolute Gasteiger partial charge is 0.497 e. The standard InChI is InChI=1S/C16H16F2N2O2/c1-22-12-5-2-4-11(8-12)9-20-15(21)10-19-14-7-3-6-13(17)16(14)18/h2-8,19H,9-10H2,1H3,(H,20,21). The van der Waals surface area contributed by atoms with Gasteiger partial charge in [-0.1, -0.05) is 18.2 Å². The molecule has 2 N–H and O–H groups in total. The first-order valence-corrected chi connectivity index (χ1v) is 6.67. The van der Waals surface area contributed by atoms with Crippen LogP contribution in [0.1, 0.15) is 5.56 Å². The van der Waals surface area contributed by atoms with E-state index in [-0.39, 0.29) is 18.1 Å². The maximum atomic E-state index is 13.4. The topological polar surface area (TPSA) is 50.4 Å². The maximum absolute atomic E-state index is 13.4. The third-order valence-corrected chi connectivity index (χ3v) is 3.01. The Morgan fingerprint density at radius 1 is 1.18 bits per heavy atom. The fourth-order valence-electron chi connectivity index (χ4n) is 1.86. The first-order chi connectivity index (χ1) is 10.6. The summed E-state index contributed by atoms with van der Waals surface area (Å²) in [6.07, 6.45) is 0. The summed E-state index contributed by atoms with van der Waals surface area (Å²) < 4.78 is 31.5. The van der Waals surface area contributed by atoms with E-state index in [1.807, 2.05) is 12.1 Å². The fraction of sp³-hybridized carbons (Fsp3) is 0.188. The van der Waals surface area contributed by atoms with Crippen molar-refractivity contribution in [2.24, 2.45) is 0 Å². The van der Waals surface area contributed by atoms with Crippen LogP contribution in [-0.4, -0.2) is 19.6 Å². The molecule has 0 aromatic heterocycles. The molecule has 0 bridgehead atoms. The quantitative estimate of drug-likeness (QED) is 0.863. The van der Waals surface area contributed by atoms with Crippen LogP contribution >= 0.6 is 0 Å². The summed E-state index contributed by atoms with van der Waals surface area (Å²) in [7, 11) is 1.56. The van der Waals surface area contributed by atoms with Gasteiger partial charge in [0.15, 0.2) is 11.6 Å². The highest BCUT2D eigenvalue weighted by molar-refractivity contribution is 5.80. The second-order valence-electron chi connectivity index (χ2n) is 4.58. The lowest BCUT2D eigenvalue weighted by atomic mass is 10.2. The molecule has 0 unspecified atom stereocenters. The van der Waals surface area contributed by atoms with Crippen LogP contribution in [0, 0.1) is 11.6 Å². The Kier molecular flexibility index (Phi) is 5.30. The third kappa shape index (κ3) is 4.18. The molecule has 22 heavy (non-hydrogen) atoms. The van der Waals surface area contributed by atoms with E-state index in [0.717, 1.165) is 11.6 Å². The van der Waals surface area contributed by atoms with Crippen LogP contribution in [-0.2, 0) is 11.3 Å². The molecule has 0 spiro atoms. The summed E-state index contributed by atoms with van der Waals surface area (Å²) in [5, 5.41) is 5.24. The zero-order valence-electron chi connectivity index (χ0n) is 12.0. The van der Waals surface area contributed by atoms with Gasteiger partial charge in [0.2, 0.25) is 5.91 Å². The number of amides is 1. The van der Waals surface area contributed by atoms with Crippen molar-refractivity contribution in [1.82, 2.24) is 5.32 Å². The second-order valence-corrected chi connectivity index (χ2v) is 4.58. The normalized spacial score (nSPS) is 10.1. The molecule has 0 heterocycles. The highest BCUT2D eigenvalue weighted by atomic mass is 19.2. The minimum absolute atomic E-state index is 0.0449. The summed E-state index contributed by atoms with van der Waals surface area (Å²) in [4.78, 5) is 11.7. The highest BCUT2D eigenvalue weighted by Crippen LogP contribution is 2.16. The zero-order valence-corrected chi connectivity index (χ0v) is 12.0. The molecule has 2 rings (SSSR count). The molecule has 0 aliphatic heterocycles. The van der Waals surface area contributed by atoms with Crippen molar-refractivity contribution in [1.29, 1.82) is 0 Å². The number of methoxy groups -OCH3 is 1. The Morgan fingerprint density at radius 2 is 1.95 bits per heavy atom. The average Bonchev–Trinajstić information content (AvgIpc) is 2.54. The van der Waals surface area contributed by atoms with Gasteiger partial charge in [0.25, 0.3) is 0 Å². The number of nitrogens with one attached hydrogen (secondary N) is 2. The lowest BCUT2D eigenvalue weighted by Crippen LogP contribution is -2.29. The van der Waals surface area contributed by atoms with Gasteiger partial charge in [-0.05, 0) is 29.8 Å². The predicted octanol–water partition coefficient (Wildman–Crippen LogP) is 2.70. The number of anilines is 1. The van der Waals surface area contributed by atoms with Crippen molar-refractivity contribution in [3.05, 3.63) is 59.7 Å². The van der Waals surface area contributed by atoms with Crippen molar-refractivity contribution >= 4 is 11.6 Å². The van der Waals surface area contributed by atoms with Gasteiger partial charge >= 0.3 is 0 Å². The molecule has 2 aromatic carbocycles. The Hall–Kier alpha value is -2.63. The van der Waals surface area contributed by atoms with E-state index < -0.39 is 11.6 Å². The Balaban J connectivity index is 1.84. The number of carbonyl (C=O) groups is 1. The first kappa shape index (κ1) is 15.8. The van der Waals surface area contributed by atoms with Gasteiger partial charge < -0.3 is 15.4 Å². The van der Waals surface area contributed by atoms with Gasteiger partial charge in [0.05, 0.1) is 19.3 Å². The summed E-state index contributed by atoms with van der Waals surface area (Å²) >= 11 is 0. The average molecular weight is 306 g/mol. The van der Waals surface area contributed by atoms with Gasteiger partial charge in [-0.3, -0.25) is 4.79 Å². The van der Waals surface area contributed by atoms with E-state index in [1.54, 1.807) is 19.2 Å². The molecule has 0 fully saturated rings. The van der Waals surface area contributed by atoms with Crippen LogP contribution in [0.2, 0.25) is 0 Å². The number of benzene rings is 2. The lowest BCUT2D eigenvalue weighted by molar-refractivity contribution is -0.119. The van der Waals surface area contributed by atoms with Gasteiger partial charge in [-0.2, -0.15) is 0 Å². The van der Waals surface area contributed by atoms with Gasteiger partial charge in [0.1, 0.15) is 5.75 Å². The summed E-state index contributed by atoms with van der Waals surface area (Å²) in [5.74, 6) is -1.58.